The van der Waals surface area contributed by atoms with E-state index >= 15 is 0 Å². The van der Waals surface area contributed by atoms with Gasteiger partial charge in [-0.2, -0.15) is 0 Å². The van der Waals surface area contributed by atoms with E-state index in [1.165, 1.54) is 6.07 Å². The van der Waals surface area contributed by atoms with E-state index in [9.17, 15) is 4.39 Å². The van der Waals surface area contributed by atoms with Crippen LogP contribution >= 0.6 is 11.6 Å². The van der Waals surface area contributed by atoms with Crippen molar-refractivity contribution in [2.24, 2.45) is 5.73 Å². The van der Waals surface area contributed by atoms with Gasteiger partial charge in [-0.1, -0.05) is 29.8 Å². The molecule has 106 valence electrons. The molecule has 4 heteroatoms. The van der Waals surface area contributed by atoms with Gasteiger partial charge in [0.15, 0.2) is 0 Å². The van der Waals surface area contributed by atoms with Gasteiger partial charge in [0.2, 0.25) is 0 Å². The summed E-state index contributed by atoms with van der Waals surface area (Å²) in [5.74, 6) is -0.278. The largest absolute Gasteiger partial charge is 0.363 e. The standard InChI is InChI=1S/C16H18ClFN2/c1-2-20(13-6-4-3-5-7-13)16(11-19)14-10-12(17)8-9-15(14)18/h3-10,16H,2,11,19H2,1H3. The molecule has 2 aromatic carbocycles. The van der Waals surface area contributed by atoms with E-state index < -0.39 is 0 Å². The minimum atomic E-state index is -0.278. The molecule has 2 aromatic rings. The Balaban J connectivity index is 2.42. The van der Waals surface area contributed by atoms with Crippen LogP contribution in [0.15, 0.2) is 48.5 Å². The van der Waals surface area contributed by atoms with E-state index in [2.05, 4.69) is 4.90 Å². The van der Waals surface area contributed by atoms with Crippen molar-refractivity contribution in [1.82, 2.24) is 0 Å². The highest BCUT2D eigenvalue weighted by molar-refractivity contribution is 6.30. The van der Waals surface area contributed by atoms with Crippen LogP contribution in [-0.4, -0.2) is 13.1 Å². The van der Waals surface area contributed by atoms with Gasteiger partial charge in [-0.3, -0.25) is 0 Å². The smallest absolute Gasteiger partial charge is 0.128 e. The lowest BCUT2D eigenvalue weighted by Gasteiger charge is -2.32. The third-order valence-electron chi connectivity index (χ3n) is 3.35. The Kier molecular flexibility index (Phi) is 4.99. The lowest BCUT2D eigenvalue weighted by atomic mass is 10.0. The van der Waals surface area contributed by atoms with Crippen LogP contribution in [0, 0.1) is 5.82 Å². The van der Waals surface area contributed by atoms with E-state index in [-0.39, 0.29) is 11.9 Å². The third kappa shape index (κ3) is 3.11. The maximum absolute atomic E-state index is 14.1. The maximum atomic E-state index is 14.1. The highest BCUT2D eigenvalue weighted by atomic mass is 35.5. The Hall–Kier alpha value is -1.58. The first kappa shape index (κ1) is 14.8. The van der Waals surface area contributed by atoms with Crippen LogP contribution in [0.25, 0.3) is 0 Å². The zero-order valence-corrected chi connectivity index (χ0v) is 12.1. The number of halogens is 2. The van der Waals surface area contributed by atoms with Gasteiger partial charge in [-0.15, -0.1) is 0 Å². The molecule has 0 saturated heterocycles. The van der Waals surface area contributed by atoms with Crippen molar-refractivity contribution in [1.29, 1.82) is 0 Å². The number of nitrogens with zero attached hydrogens (tertiary/aromatic N) is 1. The minimum absolute atomic E-state index is 0.235. The van der Waals surface area contributed by atoms with Crippen molar-refractivity contribution in [2.45, 2.75) is 13.0 Å². The molecule has 0 aliphatic carbocycles. The molecule has 2 N–H and O–H groups in total. The van der Waals surface area contributed by atoms with Crippen LogP contribution in [0.4, 0.5) is 10.1 Å². The van der Waals surface area contributed by atoms with Gasteiger partial charge in [0.1, 0.15) is 5.82 Å². The zero-order chi connectivity index (χ0) is 14.5. The number of likely N-dealkylation sites (N-methyl/N-ethyl adjacent to an activating group) is 1. The van der Waals surface area contributed by atoms with E-state index in [1.54, 1.807) is 12.1 Å². The van der Waals surface area contributed by atoms with Gasteiger partial charge >= 0.3 is 0 Å². The number of hydrogen-bond donors (Lipinski definition) is 1. The van der Waals surface area contributed by atoms with Gasteiger partial charge in [0.25, 0.3) is 0 Å². The van der Waals surface area contributed by atoms with Gasteiger partial charge in [0, 0.05) is 29.4 Å². The zero-order valence-electron chi connectivity index (χ0n) is 11.4. The van der Waals surface area contributed by atoms with E-state index in [4.69, 9.17) is 17.3 Å². The highest BCUT2D eigenvalue weighted by Gasteiger charge is 2.21. The molecule has 0 aromatic heterocycles. The molecule has 0 radical (unpaired) electrons. The Morgan fingerprint density at radius 2 is 1.90 bits per heavy atom. The van der Waals surface area contributed by atoms with E-state index in [0.29, 0.717) is 17.1 Å². The maximum Gasteiger partial charge on any atom is 0.128 e. The number of hydrogen-bond acceptors (Lipinski definition) is 2. The summed E-state index contributed by atoms with van der Waals surface area (Å²) in [6, 6.07) is 14.2. The highest BCUT2D eigenvalue weighted by Crippen LogP contribution is 2.29. The van der Waals surface area contributed by atoms with Crippen molar-refractivity contribution < 1.29 is 4.39 Å². The van der Waals surface area contributed by atoms with Crippen LogP contribution in [0.3, 0.4) is 0 Å². The molecule has 20 heavy (non-hydrogen) atoms. The molecule has 0 fully saturated rings. The summed E-state index contributed by atoms with van der Waals surface area (Å²) in [6.07, 6.45) is 0. The number of benzene rings is 2. The second-order valence-electron chi connectivity index (χ2n) is 4.54. The lowest BCUT2D eigenvalue weighted by molar-refractivity contribution is 0.562. The first-order chi connectivity index (χ1) is 9.67. The van der Waals surface area contributed by atoms with E-state index in [0.717, 1.165) is 12.2 Å². The monoisotopic (exact) mass is 292 g/mol. The Morgan fingerprint density at radius 3 is 2.50 bits per heavy atom. The minimum Gasteiger partial charge on any atom is -0.363 e. The van der Waals surface area contributed by atoms with Gasteiger partial charge in [-0.25, -0.2) is 4.39 Å². The predicted octanol–water partition coefficient (Wildman–Crippen LogP) is 4.01. The fourth-order valence-electron chi connectivity index (χ4n) is 2.39. The predicted molar refractivity (Wildman–Crippen MR) is 82.7 cm³/mol. The second kappa shape index (κ2) is 6.73. The quantitative estimate of drug-likeness (QED) is 0.902. The molecule has 2 nitrogen and oxygen atoms in total. The number of rotatable bonds is 5. The SMILES string of the molecule is CCN(c1ccccc1)C(CN)c1cc(Cl)ccc1F. The Morgan fingerprint density at radius 1 is 1.20 bits per heavy atom. The molecule has 0 saturated carbocycles. The number of anilines is 1. The Bertz CT molecular complexity index is 560. The van der Waals surface area contributed by atoms with Crippen molar-refractivity contribution in [3.05, 3.63) is 64.9 Å². The van der Waals surface area contributed by atoms with Gasteiger partial charge in [0.05, 0.1) is 6.04 Å². The first-order valence-electron chi connectivity index (χ1n) is 6.64. The molecule has 0 heterocycles. The second-order valence-corrected chi connectivity index (χ2v) is 4.98. The summed E-state index contributed by atoms with van der Waals surface area (Å²) in [4.78, 5) is 2.08. The van der Waals surface area contributed by atoms with Crippen LogP contribution in [0.5, 0.6) is 0 Å². The average molecular weight is 293 g/mol. The molecule has 2 rings (SSSR count). The van der Waals surface area contributed by atoms with Crippen LogP contribution < -0.4 is 10.6 Å². The molecule has 0 aliphatic rings. The summed E-state index contributed by atoms with van der Waals surface area (Å²) in [5, 5.41) is 0.518. The fraction of sp³-hybridized carbons (Fsp3) is 0.250. The molecule has 0 aliphatic heterocycles. The van der Waals surface area contributed by atoms with Crippen molar-refractivity contribution in [3.8, 4) is 0 Å². The van der Waals surface area contributed by atoms with E-state index in [1.807, 2.05) is 37.3 Å². The number of nitrogens with two attached hydrogens (primary N) is 1. The molecule has 1 atom stereocenters. The topological polar surface area (TPSA) is 29.3 Å². The summed E-state index contributed by atoms with van der Waals surface area (Å²) >= 11 is 5.99. The molecular weight excluding hydrogens is 275 g/mol. The van der Waals surface area contributed by atoms with Crippen LogP contribution in [0.2, 0.25) is 5.02 Å². The molecule has 0 spiro atoms. The van der Waals surface area contributed by atoms with Gasteiger partial charge in [-0.05, 0) is 37.3 Å². The normalized spacial score (nSPS) is 12.2. The molecular formula is C16H18ClFN2. The lowest BCUT2D eigenvalue weighted by Crippen LogP contribution is -2.34. The summed E-state index contributed by atoms with van der Waals surface area (Å²) in [7, 11) is 0. The van der Waals surface area contributed by atoms with Crippen molar-refractivity contribution in [2.75, 3.05) is 18.0 Å². The summed E-state index contributed by atoms with van der Waals surface area (Å²) in [6.45, 7) is 3.08. The summed E-state index contributed by atoms with van der Waals surface area (Å²) in [5.41, 5.74) is 7.44. The van der Waals surface area contributed by atoms with Crippen molar-refractivity contribution >= 4 is 17.3 Å². The number of para-hydroxylation sites is 1. The van der Waals surface area contributed by atoms with Crippen molar-refractivity contribution in [3.63, 3.8) is 0 Å². The Labute approximate surface area is 124 Å². The summed E-state index contributed by atoms with van der Waals surface area (Å²) < 4.78 is 14.1. The fourth-order valence-corrected chi connectivity index (χ4v) is 2.57. The molecule has 0 bridgehead atoms. The molecule has 0 amide bonds. The first-order valence-corrected chi connectivity index (χ1v) is 7.01. The van der Waals surface area contributed by atoms with Crippen LogP contribution in [0.1, 0.15) is 18.5 Å². The van der Waals surface area contributed by atoms with Crippen LogP contribution in [-0.2, 0) is 0 Å². The van der Waals surface area contributed by atoms with Gasteiger partial charge < -0.3 is 10.6 Å². The average Bonchev–Trinajstić information content (AvgIpc) is 2.48. The molecule has 1 unspecified atom stereocenters. The third-order valence-corrected chi connectivity index (χ3v) is 3.58.